The lowest BCUT2D eigenvalue weighted by molar-refractivity contribution is -0.105. The van der Waals surface area contributed by atoms with Crippen molar-refractivity contribution in [3.8, 4) is 5.75 Å². The molecule has 2 fully saturated rings. The summed E-state index contributed by atoms with van der Waals surface area (Å²) in [5.41, 5.74) is -0.184. The zero-order valence-corrected chi connectivity index (χ0v) is 18.2. The summed E-state index contributed by atoms with van der Waals surface area (Å²) in [5, 5.41) is 0. The van der Waals surface area contributed by atoms with Crippen LogP contribution in [0.4, 0.5) is 4.79 Å². The molecule has 2 unspecified atom stereocenters. The molecule has 2 saturated heterocycles. The summed E-state index contributed by atoms with van der Waals surface area (Å²) < 4.78 is 22.6. The highest BCUT2D eigenvalue weighted by molar-refractivity contribution is 5.89. The summed E-state index contributed by atoms with van der Waals surface area (Å²) in [4.78, 5) is 26.9. The van der Waals surface area contributed by atoms with Gasteiger partial charge in [-0.1, -0.05) is 6.42 Å². The van der Waals surface area contributed by atoms with Crippen molar-refractivity contribution in [2.75, 3.05) is 13.2 Å². The van der Waals surface area contributed by atoms with E-state index in [9.17, 15) is 9.59 Å². The van der Waals surface area contributed by atoms with Gasteiger partial charge in [-0.15, -0.1) is 0 Å². The van der Waals surface area contributed by atoms with Crippen molar-refractivity contribution >= 4 is 12.1 Å². The minimum absolute atomic E-state index is 0.232. The standard InChI is InChI=1S/C23H33NO6/c1-23(2,3)30-22(26)24-15-7-4-5-9-19(24)29-21(25)17-11-13-18(14-12-17)28-20-10-6-8-16-27-20/h11-14,19-20H,4-10,15-16H2,1-3H3. The largest absolute Gasteiger partial charge is 0.465 e. The number of esters is 1. The molecular formula is C23H33NO6. The number of hydrogen-bond acceptors (Lipinski definition) is 6. The van der Waals surface area contributed by atoms with Crippen LogP contribution in [0, 0.1) is 0 Å². The van der Waals surface area contributed by atoms with Crippen LogP contribution < -0.4 is 4.74 Å². The topological polar surface area (TPSA) is 74.3 Å². The summed E-state index contributed by atoms with van der Waals surface area (Å²) in [7, 11) is 0. The smallest absolute Gasteiger partial charge is 0.413 e. The van der Waals surface area contributed by atoms with Crippen molar-refractivity contribution in [3.05, 3.63) is 29.8 Å². The predicted octanol–water partition coefficient (Wildman–Crippen LogP) is 4.89. The number of likely N-dealkylation sites (tertiary alicyclic amines) is 1. The molecule has 0 saturated carbocycles. The molecule has 1 aromatic rings. The lowest BCUT2D eigenvalue weighted by Gasteiger charge is -2.31. The van der Waals surface area contributed by atoms with Crippen LogP contribution in [-0.2, 0) is 14.2 Å². The lowest BCUT2D eigenvalue weighted by Crippen LogP contribution is -2.45. The average molecular weight is 420 g/mol. The molecule has 0 aliphatic carbocycles. The van der Waals surface area contributed by atoms with E-state index in [2.05, 4.69) is 0 Å². The van der Waals surface area contributed by atoms with Gasteiger partial charge in [0.2, 0.25) is 0 Å². The molecule has 2 heterocycles. The van der Waals surface area contributed by atoms with E-state index in [1.165, 1.54) is 4.90 Å². The number of carbonyl (C=O) groups is 2. The van der Waals surface area contributed by atoms with Crippen molar-refractivity contribution < 1.29 is 28.5 Å². The van der Waals surface area contributed by atoms with Gasteiger partial charge in [-0.2, -0.15) is 0 Å². The van der Waals surface area contributed by atoms with Crippen molar-refractivity contribution in [2.24, 2.45) is 0 Å². The van der Waals surface area contributed by atoms with Gasteiger partial charge in [0.25, 0.3) is 0 Å². The molecule has 7 nitrogen and oxygen atoms in total. The second kappa shape index (κ2) is 10.2. The summed E-state index contributed by atoms with van der Waals surface area (Å²) in [5.74, 6) is 0.194. The van der Waals surface area contributed by atoms with Gasteiger partial charge in [0.05, 0.1) is 12.2 Å². The Kier molecular flexibility index (Phi) is 7.58. The van der Waals surface area contributed by atoms with Crippen molar-refractivity contribution in [3.63, 3.8) is 0 Å². The molecule has 2 aliphatic rings. The lowest BCUT2D eigenvalue weighted by atomic mass is 10.2. The van der Waals surface area contributed by atoms with E-state index in [-0.39, 0.29) is 6.29 Å². The molecule has 0 aromatic heterocycles. The summed E-state index contributed by atoms with van der Waals surface area (Å²) in [6.45, 7) is 6.70. The first kappa shape index (κ1) is 22.4. The Morgan fingerprint density at radius 1 is 1.00 bits per heavy atom. The van der Waals surface area contributed by atoms with E-state index in [0.717, 1.165) is 38.5 Å². The number of carbonyl (C=O) groups excluding carboxylic acids is 2. The molecule has 7 heteroatoms. The average Bonchev–Trinajstić information content (AvgIpc) is 2.93. The van der Waals surface area contributed by atoms with E-state index < -0.39 is 23.9 Å². The van der Waals surface area contributed by atoms with E-state index >= 15 is 0 Å². The Bertz CT molecular complexity index is 705. The maximum absolute atomic E-state index is 12.7. The fourth-order valence-corrected chi connectivity index (χ4v) is 3.55. The van der Waals surface area contributed by atoms with Gasteiger partial charge in [-0.05, 0) is 70.7 Å². The fraction of sp³-hybridized carbons (Fsp3) is 0.652. The number of benzene rings is 1. The second-order valence-electron chi connectivity index (χ2n) is 8.82. The van der Waals surface area contributed by atoms with Gasteiger partial charge in [0.15, 0.2) is 12.5 Å². The molecule has 0 N–H and O–H groups in total. The third-order valence-corrected chi connectivity index (χ3v) is 5.06. The van der Waals surface area contributed by atoms with Crippen LogP contribution in [-0.4, -0.2) is 48.2 Å². The second-order valence-corrected chi connectivity index (χ2v) is 8.82. The molecule has 3 rings (SSSR count). The highest BCUT2D eigenvalue weighted by Gasteiger charge is 2.32. The third-order valence-electron chi connectivity index (χ3n) is 5.06. The zero-order valence-electron chi connectivity index (χ0n) is 18.2. The van der Waals surface area contributed by atoms with Crippen molar-refractivity contribution in [2.45, 2.75) is 83.8 Å². The van der Waals surface area contributed by atoms with Crippen LogP contribution in [0.1, 0.15) is 76.1 Å². The van der Waals surface area contributed by atoms with Crippen LogP contribution in [0.25, 0.3) is 0 Å². The van der Waals surface area contributed by atoms with E-state index in [1.807, 2.05) is 20.8 Å². The molecule has 1 amide bonds. The summed E-state index contributed by atoms with van der Waals surface area (Å²) in [6.07, 6.45) is 5.06. The molecule has 0 bridgehead atoms. The molecule has 0 spiro atoms. The molecule has 2 atom stereocenters. The van der Waals surface area contributed by atoms with Crippen molar-refractivity contribution in [1.82, 2.24) is 4.90 Å². The fourth-order valence-electron chi connectivity index (χ4n) is 3.55. The molecule has 1 aromatic carbocycles. The van der Waals surface area contributed by atoms with E-state index in [1.54, 1.807) is 24.3 Å². The van der Waals surface area contributed by atoms with Gasteiger partial charge in [-0.25, -0.2) is 9.59 Å². The first-order chi connectivity index (χ1) is 14.3. The highest BCUT2D eigenvalue weighted by atomic mass is 16.7. The molecule has 0 radical (unpaired) electrons. The van der Waals surface area contributed by atoms with Gasteiger partial charge in [0, 0.05) is 19.4 Å². The van der Waals surface area contributed by atoms with Gasteiger partial charge >= 0.3 is 12.1 Å². The quantitative estimate of drug-likeness (QED) is 0.647. The SMILES string of the molecule is CC(C)(C)OC(=O)N1CCCCCC1OC(=O)c1ccc(OC2CCCCO2)cc1. The van der Waals surface area contributed by atoms with E-state index in [0.29, 0.717) is 30.9 Å². The summed E-state index contributed by atoms with van der Waals surface area (Å²) in [6, 6.07) is 6.84. The van der Waals surface area contributed by atoms with Crippen LogP contribution in [0.2, 0.25) is 0 Å². The Hall–Kier alpha value is -2.28. The molecule has 2 aliphatic heterocycles. The normalized spacial score (nSPS) is 22.7. The molecular weight excluding hydrogens is 386 g/mol. The first-order valence-corrected chi connectivity index (χ1v) is 10.9. The highest BCUT2D eigenvalue weighted by Crippen LogP contribution is 2.23. The Labute approximate surface area is 178 Å². The van der Waals surface area contributed by atoms with Crippen LogP contribution in [0.15, 0.2) is 24.3 Å². The van der Waals surface area contributed by atoms with Gasteiger partial charge in [0.1, 0.15) is 11.4 Å². The van der Waals surface area contributed by atoms with Crippen LogP contribution in [0.3, 0.4) is 0 Å². The maximum atomic E-state index is 12.7. The number of hydrogen-bond donors (Lipinski definition) is 0. The monoisotopic (exact) mass is 419 g/mol. The van der Waals surface area contributed by atoms with Crippen LogP contribution in [0.5, 0.6) is 5.75 Å². The zero-order chi connectivity index (χ0) is 21.6. The van der Waals surface area contributed by atoms with Crippen molar-refractivity contribution in [1.29, 1.82) is 0 Å². The maximum Gasteiger partial charge on any atom is 0.413 e. The number of amides is 1. The summed E-state index contributed by atoms with van der Waals surface area (Å²) >= 11 is 0. The van der Waals surface area contributed by atoms with Gasteiger partial charge in [-0.3, -0.25) is 4.90 Å². The predicted molar refractivity (Wildman–Crippen MR) is 111 cm³/mol. The number of ether oxygens (including phenoxy) is 4. The molecule has 30 heavy (non-hydrogen) atoms. The van der Waals surface area contributed by atoms with Crippen LogP contribution >= 0.6 is 0 Å². The Morgan fingerprint density at radius 2 is 1.73 bits per heavy atom. The third kappa shape index (κ3) is 6.62. The first-order valence-electron chi connectivity index (χ1n) is 10.9. The van der Waals surface area contributed by atoms with Gasteiger partial charge < -0.3 is 18.9 Å². The molecule has 166 valence electrons. The van der Waals surface area contributed by atoms with E-state index in [4.69, 9.17) is 18.9 Å². The Morgan fingerprint density at radius 3 is 2.40 bits per heavy atom. The minimum Gasteiger partial charge on any atom is -0.465 e. The Balaban J connectivity index is 1.61. The number of rotatable bonds is 4. The minimum atomic E-state index is -0.624. The number of nitrogens with zero attached hydrogens (tertiary/aromatic N) is 1.